The minimum atomic E-state index is -2.86. The van der Waals surface area contributed by atoms with E-state index in [1.54, 1.807) is 23.5 Å². The molecule has 0 aliphatic rings. The Kier molecular flexibility index (Phi) is 5.19. The van der Waals surface area contributed by atoms with Gasteiger partial charge in [0.25, 0.3) is 0 Å². The van der Waals surface area contributed by atoms with E-state index >= 15 is 0 Å². The molecule has 1 N–H and O–H groups in total. The fraction of sp³-hybridized carbons (Fsp3) is 0.231. The monoisotopic (exact) mass is 363 g/mol. The molecule has 0 spiro atoms. The molecule has 0 bridgehead atoms. The SMILES string of the molecule is COc1ccc(OC(F)F)c(NCc2cc(Br)cs2)c1. The number of hydrogen-bond donors (Lipinski definition) is 1. The Labute approximate surface area is 127 Å². The van der Waals surface area contributed by atoms with Crippen LogP contribution in [0, 0.1) is 0 Å². The van der Waals surface area contributed by atoms with Crippen molar-refractivity contribution in [1.29, 1.82) is 0 Å². The van der Waals surface area contributed by atoms with Gasteiger partial charge < -0.3 is 14.8 Å². The maximum absolute atomic E-state index is 12.4. The van der Waals surface area contributed by atoms with Gasteiger partial charge in [-0.2, -0.15) is 8.78 Å². The third-order valence-electron chi connectivity index (χ3n) is 2.48. The summed E-state index contributed by atoms with van der Waals surface area (Å²) in [5.41, 5.74) is 0.467. The number of hydrogen-bond acceptors (Lipinski definition) is 4. The fourth-order valence-corrected chi connectivity index (χ4v) is 2.99. The van der Waals surface area contributed by atoms with Crippen LogP contribution < -0.4 is 14.8 Å². The second kappa shape index (κ2) is 6.90. The molecule has 0 aliphatic carbocycles. The number of anilines is 1. The smallest absolute Gasteiger partial charge is 0.387 e. The lowest BCUT2D eigenvalue weighted by molar-refractivity contribution is -0.0493. The van der Waals surface area contributed by atoms with Crippen molar-refractivity contribution in [2.75, 3.05) is 12.4 Å². The van der Waals surface area contributed by atoms with Crippen molar-refractivity contribution in [3.63, 3.8) is 0 Å². The lowest BCUT2D eigenvalue weighted by Gasteiger charge is -2.13. The molecule has 0 saturated heterocycles. The Morgan fingerprint density at radius 3 is 2.75 bits per heavy atom. The molecule has 0 atom stereocenters. The van der Waals surface area contributed by atoms with Crippen LogP contribution in [0.3, 0.4) is 0 Å². The maximum atomic E-state index is 12.4. The highest BCUT2D eigenvalue weighted by atomic mass is 79.9. The summed E-state index contributed by atoms with van der Waals surface area (Å²) in [5, 5.41) is 5.03. The zero-order chi connectivity index (χ0) is 14.5. The van der Waals surface area contributed by atoms with Crippen molar-refractivity contribution < 1.29 is 18.3 Å². The van der Waals surface area contributed by atoms with E-state index in [1.807, 2.05) is 11.4 Å². The highest BCUT2D eigenvalue weighted by Crippen LogP contribution is 2.31. The fourth-order valence-electron chi connectivity index (χ4n) is 1.60. The maximum Gasteiger partial charge on any atom is 0.387 e. The van der Waals surface area contributed by atoms with Crippen LogP contribution in [0.15, 0.2) is 34.1 Å². The second-order valence-corrected chi connectivity index (χ2v) is 5.74. The first-order valence-electron chi connectivity index (χ1n) is 5.68. The van der Waals surface area contributed by atoms with Crippen LogP contribution in [0.5, 0.6) is 11.5 Å². The normalized spacial score (nSPS) is 10.7. The van der Waals surface area contributed by atoms with Gasteiger partial charge in [0.1, 0.15) is 11.5 Å². The summed E-state index contributed by atoms with van der Waals surface area (Å²) in [6, 6.07) is 6.62. The average molecular weight is 364 g/mol. The first kappa shape index (κ1) is 15.1. The molecule has 0 saturated carbocycles. The number of thiophene rings is 1. The van der Waals surface area contributed by atoms with Gasteiger partial charge in [0.05, 0.1) is 12.8 Å². The number of rotatable bonds is 6. The molecule has 7 heteroatoms. The second-order valence-electron chi connectivity index (χ2n) is 3.83. The third-order valence-corrected chi connectivity index (χ3v) is 4.18. The summed E-state index contributed by atoms with van der Waals surface area (Å²) in [6.07, 6.45) is 0. The van der Waals surface area contributed by atoms with Crippen molar-refractivity contribution in [3.8, 4) is 11.5 Å². The molecule has 3 nitrogen and oxygen atoms in total. The molecule has 1 aromatic heterocycles. The Hall–Kier alpha value is -1.34. The van der Waals surface area contributed by atoms with Gasteiger partial charge in [-0.1, -0.05) is 0 Å². The largest absolute Gasteiger partial charge is 0.497 e. The summed E-state index contributed by atoms with van der Waals surface area (Å²) in [5.74, 6) is 0.665. The van der Waals surface area contributed by atoms with Crippen LogP contribution in [0.1, 0.15) is 4.88 Å². The van der Waals surface area contributed by atoms with Crippen molar-refractivity contribution in [1.82, 2.24) is 0 Å². The quantitative estimate of drug-likeness (QED) is 0.804. The summed E-state index contributed by atoms with van der Waals surface area (Å²) in [7, 11) is 1.52. The van der Waals surface area contributed by atoms with Gasteiger partial charge in [-0.05, 0) is 34.1 Å². The van der Waals surface area contributed by atoms with Gasteiger partial charge in [0, 0.05) is 27.3 Å². The molecule has 0 radical (unpaired) electrons. The lowest BCUT2D eigenvalue weighted by Crippen LogP contribution is -2.06. The van der Waals surface area contributed by atoms with Crippen LogP contribution in [0.4, 0.5) is 14.5 Å². The number of methoxy groups -OCH3 is 1. The van der Waals surface area contributed by atoms with E-state index < -0.39 is 6.61 Å². The Balaban J connectivity index is 2.14. The Morgan fingerprint density at radius 2 is 2.15 bits per heavy atom. The van der Waals surface area contributed by atoms with Crippen LogP contribution in [-0.4, -0.2) is 13.7 Å². The van der Waals surface area contributed by atoms with Crippen molar-refractivity contribution in [3.05, 3.63) is 39.0 Å². The molecule has 0 fully saturated rings. The Morgan fingerprint density at radius 1 is 1.35 bits per heavy atom. The molecular formula is C13H12BrF2NO2S. The molecule has 1 aromatic carbocycles. The highest BCUT2D eigenvalue weighted by molar-refractivity contribution is 9.10. The van der Waals surface area contributed by atoms with Gasteiger partial charge in [-0.25, -0.2) is 0 Å². The van der Waals surface area contributed by atoms with E-state index in [0.717, 1.165) is 9.35 Å². The first-order chi connectivity index (χ1) is 9.58. The van der Waals surface area contributed by atoms with Crippen LogP contribution in [0.25, 0.3) is 0 Å². The average Bonchev–Trinajstić information content (AvgIpc) is 2.83. The molecule has 0 aliphatic heterocycles. The minimum absolute atomic E-state index is 0.0939. The molecule has 2 rings (SSSR count). The van der Waals surface area contributed by atoms with Crippen LogP contribution >= 0.6 is 27.3 Å². The predicted molar refractivity (Wildman–Crippen MR) is 79.0 cm³/mol. The van der Waals surface area contributed by atoms with Crippen LogP contribution in [0.2, 0.25) is 0 Å². The summed E-state index contributed by atoms with van der Waals surface area (Å²) in [6.45, 7) is -2.34. The molecule has 0 unspecified atom stereocenters. The number of halogens is 3. The van der Waals surface area contributed by atoms with Crippen molar-refractivity contribution >= 4 is 33.0 Å². The van der Waals surface area contributed by atoms with Gasteiger partial charge in [0.15, 0.2) is 0 Å². The van der Waals surface area contributed by atoms with Crippen LogP contribution in [-0.2, 0) is 6.54 Å². The first-order valence-corrected chi connectivity index (χ1v) is 7.35. The van der Waals surface area contributed by atoms with Gasteiger partial charge in [-0.3, -0.25) is 0 Å². The third kappa shape index (κ3) is 4.08. The minimum Gasteiger partial charge on any atom is -0.497 e. The molecule has 20 heavy (non-hydrogen) atoms. The Bertz CT molecular complexity index is 577. The number of nitrogens with one attached hydrogen (secondary N) is 1. The summed E-state index contributed by atoms with van der Waals surface area (Å²) in [4.78, 5) is 1.07. The number of alkyl halides is 2. The van der Waals surface area contributed by atoms with Gasteiger partial charge in [-0.15, -0.1) is 11.3 Å². The van der Waals surface area contributed by atoms with E-state index in [1.165, 1.54) is 13.2 Å². The number of benzene rings is 1. The zero-order valence-corrected chi connectivity index (χ0v) is 12.9. The molecule has 0 amide bonds. The summed E-state index contributed by atoms with van der Waals surface area (Å²) >= 11 is 4.94. The van der Waals surface area contributed by atoms with Crippen molar-refractivity contribution in [2.24, 2.45) is 0 Å². The lowest BCUT2D eigenvalue weighted by atomic mass is 10.2. The van der Waals surface area contributed by atoms with E-state index in [4.69, 9.17) is 4.74 Å². The molecular weight excluding hydrogens is 352 g/mol. The standard InChI is InChI=1S/C13H12BrF2NO2S/c1-18-9-2-3-12(19-13(15)16)11(5-9)17-6-10-4-8(14)7-20-10/h2-5,7,13,17H,6H2,1H3. The summed E-state index contributed by atoms with van der Waals surface area (Å²) < 4.78 is 35.3. The topological polar surface area (TPSA) is 30.5 Å². The van der Waals surface area contributed by atoms with E-state index in [2.05, 4.69) is 26.0 Å². The zero-order valence-electron chi connectivity index (χ0n) is 10.5. The van der Waals surface area contributed by atoms with E-state index in [-0.39, 0.29) is 5.75 Å². The molecule has 2 aromatic rings. The predicted octanol–water partition coefficient (Wildman–Crippen LogP) is 4.73. The van der Waals surface area contributed by atoms with Gasteiger partial charge >= 0.3 is 6.61 Å². The number of ether oxygens (including phenoxy) is 2. The molecule has 1 heterocycles. The molecule has 108 valence electrons. The highest BCUT2D eigenvalue weighted by Gasteiger charge is 2.11. The van der Waals surface area contributed by atoms with Crippen molar-refractivity contribution in [2.45, 2.75) is 13.2 Å². The van der Waals surface area contributed by atoms with Gasteiger partial charge in [0.2, 0.25) is 0 Å². The van der Waals surface area contributed by atoms with E-state index in [9.17, 15) is 8.78 Å². The van der Waals surface area contributed by atoms with E-state index in [0.29, 0.717) is 18.0 Å².